The number of nitrogens with two attached hydrogens (primary N) is 1. The number of carbonyl (C=O) groups is 1. The van der Waals surface area contributed by atoms with Crippen molar-refractivity contribution in [2.75, 3.05) is 7.05 Å². The highest BCUT2D eigenvalue weighted by Gasteiger charge is 2.09. The predicted molar refractivity (Wildman–Crippen MR) is 107 cm³/mol. The van der Waals surface area contributed by atoms with Gasteiger partial charge >= 0.3 is 0 Å². The van der Waals surface area contributed by atoms with Crippen molar-refractivity contribution in [1.82, 2.24) is 14.7 Å². The Morgan fingerprint density at radius 3 is 2.46 bits per heavy atom. The van der Waals surface area contributed by atoms with Crippen LogP contribution in [0.25, 0.3) is 11.8 Å². The number of para-hydroxylation sites is 1. The first-order chi connectivity index (χ1) is 13.3. The fraction of sp³-hybridized carbons (Fsp3) is 0.100. The van der Waals surface area contributed by atoms with E-state index in [1.165, 1.54) is 18.2 Å². The Hall–Kier alpha value is -3.23. The lowest BCUT2D eigenvalue weighted by atomic mass is 10.2. The maximum atomic E-state index is 12.3. The van der Waals surface area contributed by atoms with E-state index in [-0.39, 0.29) is 10.8 Å². The molecule has 2 aromatic carbocycles. The molecule has 2 N–H and O–H groups in total. The van der Waals surface area contributed by atoms with E-state index in [1.807, 2.05) is 36.5 Å². The largest absolute Gasteiger partial charge is 0.338 e. The minimum atomic E-state index is -3.72. The molecule has 0 spiro atoms. The van der Waals surface area contributed by atoms with Crippen molar-refractivity contribution in [3.8, 4) is 5.69 Å². The number of sulfonamides is 1. The van der Waals surface area contributed by atoms with E-state index in [0.29, 0.717) is 12.1 Å². The number of benzene rings is 2. The monoisotopic (exact) mass is 396 g/mol. The lowest BCUT2D eigenvalue weighted by molar-refractivity contribution is -0.125. The van der Waals surface area contributed by atoms with Gasteiger partial charge in [0.25, 0.3) is 0 Å². The van der Waals surface area contributed by atoms with Gasteiger partial charge in [0.15, 0.2) is 0 Å². The van der Waals surface area contributed by atoms with Crippen molar-refractivity contribution in [2.24, 2.45) is 5.14 Å². The van der Waals surface area contributed by atoms with Gasteiger partial charge in [-0.15, -0.1) is 0 Å². The molecule has 144 valence electrons. The van der Waals surface area contributed by atoms with Crippen molar-refractivity contribution in [3.05, 3.63) is 84.2 Å². The molecule has 0 saturated heterocycles. The lowest BCUT2D eigenvalue weighted by Crippen LogP contribution is -2.23. The summed E-state index contributed by atoms with van der Waals surface area (Å²) in [6.45, 7) is 0.417. The molecule has 3 aromatic rings. The second-order valence-electron chi connectivity index (χ2n) is 6.27. The molecular formula is C20H20N4O3S. The summed E-state index contributed by atoms with van der Waals surface area (Å²) in [5.41, 5.74) is 2.56. The van der Waals surface area contributed by atoms with Crippen LogP contribution in [0.2, 0.25) is 0 Å². The average molecular weight is 396 g/mol. The molecule has 8 heteroatoms. The standard InChI is InChI=1S/C20H20N4O3S/c1-23(14-17-13-22-24(15-17)18-5-3-2-4-6-18)20(25)12-9-16-7-10-19(11-8-16)28(21,26)27/h2-13,15H,14H2,1H3,(H2,21,26,27). The Kier molecular flexibility index (Phi) is 5.72. The van der Waals surface area contributed by atoms with Crippen molar-refractivity contribution < 1.29 is 13.2 Å². The first-order valence-electron chi connectivity index (χ1n) is 8.48. The Morgan fingerprint density at radius 2 is 1.82 bits per heavy atom. The number of amides is 1. The summed E-state index contributed by atoms with van der Waals surface area (Å²) in [5.74, 6) is -0.178. The van der Waals surface area contributed by atoms with Gasteiger partial charge in [0.05, 0.1) is 16.8 Å². The number of primary sulfonamides is 1. The number of rotatable bonds is 6. The second kappa shape index (κ2) is 8.20. The summed E-state index contributed by atoms with van der Waals surface area (Å²) in [4.78, 5) is 13.9. The molecule has 0 aliphatic carbocycles. The van der Waals surface area contributed by atoms with Gasteiger partial charge in [0, 0.05) is 31.4 Å². The minimum absolute atomic E-state index is 0.0310. The highest BCUT2D eigenvalue weighted by molar-refractivity contribution is 7.89. The topological polar surface area (TPSA) is 98.3 Å². The zero-order valence-corrected chi connectivity index (χ0v) is 16.1. The average Bonchev–Trinajstić information content (AvgIpc) is 3.15. The van der Waals surface area contributed by atoms with E-state index >= 15 is 0 Å². The molecule has 28 heavy (non-hydrogen) atoms. The molecule has 1 amide bonds. The summed E-state index contributed by atoms with van der Waals surface area (Å²) in [6, 6.07) is 15.7. The fourth-order valence-electron chi connectivity index (χ4n) is 2.58. The normalized spacial score (nSPS) is 11.6. The van der Waals surface area contributed by atoms with Crippen LogP contribution in [0.4, 0.5) is 0 Å². The van der Waals surface area contributed by atoms with Crippen LogP contribution in [0.1, 0.15) is 11.1 Å². The lowest BCUT2D eigenvalue weighted by Gasteiger charge is -2.13. The van der Waals surface area contributed by atoms with Crippen LogP contribution in [-0.4, -0.2) is 36.1 Å². The molecule has 0 unspecified atom stereocenters. The Balaban J connectivity index is 1.62. The minimum Gasteiger partial charge on any atom is -0.338 e. The molecule has 0 aliphatic heterocycles. The van der Waals surface area contributed by atoms with Gasteiger partial charge in [-0.1, -0.05) is 30.3 Å². The van der Waals surface area contributed by atoms with Crippen LogP contribution in [0.5, 0.6) is 0 Å². The van der Waals surface area contributed by atoms with Crippen LogP contribution < -0.4 is 5.14 Å². The number of aromatic nitrogens is 2. The molecular weight excluding hydrogens is 376 g/mol. The molecule has 0 aliphatic rings. The van der Waals surface area contributed by atoms with Crippen molar-refractivity contribution >= 4 is 22.0 Å². The van der Waals surface area contributed by atoms with E-state index < -0.39 is 10.0 Å². The third-order valence-corrected chi connectivity index (χ3v) is 5.01. The second-order valence-corrected chi connectivity index (χ2v) is 7.83. The number of likely N-dealkylation sites (N-methyl/N-ethyl adjacent to an activating group) is 1. The van der Waals surface area contributed by atoms with Gasteiger partial charge in [-0.3, -0.25) is 4.79 Å². The van der Waals surface area contributed by atoms with Crippen LogP contribution in [-0.2, 0) is 21.4 Å². The van der Waals surface area contributed by atoms with Gasteiger partial charge < -0.3 is 4.90 Å². The summed E-state index contributed by atoms with van der Waals surface area (Å²) in [6.07, 6.45) is 6.67. The van der Waals surface area contributed by atoms with Gasteiger partial charge in [-0.2, -0.15) is 5.10 Å². The molecule has 1 heterocycles. The highest BCUT2D eigenvalue weighted by Crippen LogP contribution is 2.11. The number of hydrogen-bond acceptors (Lipinski definition) is 4. The predicted octanol–water partition coefficient (Wildman–Crippen LogP) is 2.19. The van der Waals surface area contributed by atoms with Gasteiger partial charge in [-0.05, 0) is 35.9 Å². The Bertz CT molecular complexity index is 1090. The zero-order valence-electron chi connectivity index (χ0n) is 15.3. The maximum Gasteiger partial charge on any atom is 0.246 e. The molecule has 3 rings (SSSR count). The van der Waals surface area contributed by atoms with Gasteiger partial charge in [-0.25, -0.2) is 18.2 Å². The number of nitrogens with zero attached hydrogens (tertiary/aromatic N) is 3. The number of hydrogen-bond donors (Lipinski definition) is 1. The van der Waals surface area contributed by atoms with Crippen molar-refractivity contribution in [3.63, 3.8) is 0 Å². The van der Waals surface area contributed by atoms with Crippen LogP contribution in [0.3, 0.4) is 0 Å². The molecule has 0 fully saturated rings. The smallest absolute Gasteiger partial charge is 0.246 e. The maximum absolute atomic E-state index is 12.3. The summed E-state index contributed by atoms with van der Waals surface area (Å²) in [5, 5.41) is 9.39. The van der Waals surface area contributed by atoms with Crippen molar-refractivity contribution in [2.45, 2.75) is 11.4 Å². The molecule has 0 bridgehead atoms. The molecule has 0 atom stereocenters. The van der Waals surface area contributed by atoms with E-state index in [1.54, 1.807) is 41.0 Å². The molecule has 0 radical (unpaired) electrons. The van der Waals surface area contributed by atoms with Crippen LogP contribution in [0.15, 0.2) is 78.0 Å². The highest BCUT2D eigenvalue weighted by atomic mass is 32.2. The SMILES string of the molecule is CN(Cc1cnn(-c2ccccc2)c1)C(=O)C=Cc1ccc(S(N)(=O)=O)cc1. The van der Waals surface area contributed by atoms with E-state index in [0.717, 1.165) is 11.3 Å². The Labute approximate surface area is 163 Å². The molecule has 1 aromatic heterocycles. The fourth-order valence-corrected chi connectivity index (χ4v) is 3.09. The first kappa shape index (κ1) is 19.5. The third kappa shape index (κ3) is 4.93. The van der Waals surface area contributed by atoms with Crippen molar-refractivity contribution in [1.29, 1.82) is 0 Å². The van der Waals surface area contributed by atoms with Crippen LogP contribution >= 0.6 is 0 Å². The van der Waals surface area contributed by atoms with E-state index in [9.17, 15) is 13.2 Å². The quantitative estimate of drug-likeness (QED) is 0.646. The third-order valence-electron chi connectivity index (χ3n) is 4.08. The summed E-state index contributed by atoms with van der Waals surface area (Å²) in [7, 11) is -2.02. The molecule has 0 saturated carbocycles. The van der Waals surface area contributed by atoms with E-state index in [4.69, 9.17) is 5.14 Å². The summed E-state index contributed by atoms with van der Waals surface area (Å²) >= 11 is 0. The van der Waals surface area contributed by atoms with E-state index in [2.05, 4.69) is 5.10 Å². The summed E-state index contributed by atoms with van der Waals surface area (Å²) < 4.78 is 24.3. The van der Waals surface area contributed by atoms with Gasteiger partial charge in [0.1, 0.15) is 0 Å². The van der Waals surface area contributed by atoms with Gasteiger partial charge in [0.2, 0.25) is 15.9 Å². The zero-order chi connectivity index (χ0) is 20.1. The number of carbonyl (C=O) groups excluding carboxylic acids is 1. The first-order valence-corrected chi connectivity index (χ1v) is 10.0. The van der Waals surface area contributed by atoms with Crippen LogP contribution in [0, 0.1) is 0 Å². The molecule has 7 nitrogen and oxygen atoms in total. The Morgan fingerprint density at radius 1 is 1.14 bits per heavy atom.